The number of nitrogens with zero attached hydrogens (tertiary/aromatic N) is 2. The molecule has 0 aliphatic carbocycles. The van der Waals surface area contributed by atoms with Gasteiger partial charge in [-0.1, -0.05) is 42.5 Å². The molecule has 1 aliphatic heterocycles. The van der Waals surface area contributed by atoms with Crippen LogP contribution in [-0.2, 0) is 0 Å². The van der Waals surface area contributed by atoms with E-state index >= 15 is 0 Å². The van der Waals surface area contributed by atoms with Crippen LogP contribution in [0.1, 0.15) is 37.4 Å². The number of ketones is 1. The quantitative estimate of drug-likeness (QED) is 0.582. The molecule has 1 heterocycles. The van der Waals surface area contributed by atoms with E-state index in [4.69, 9.17) is 0 Å². The molecule has 0 aromatic heterocycles. The number of carbonyl (C=O) groups excluding carboxylic acids is 2. The number of para-hydroxylation sites is 1. The van der Waals surface area contributed by atoms with Crippen molar-refractivity contribution in [3.8, 4) is 0 Å². The molecule has 1 aliphatic rings. The molecule has 0 N–H and O–H groups in total. The van der Waals surface area contributed by atoms with Crippen molar-refractivity contribution in [1.29, 1.82) is 0 Å². The van der Waals surface area contributed by atoms with Gasteiger partial charge >= 0.3 is 0 Å². The van der Waals surface area contributed by atoms with Crippen molar-refractivity contribution in [2.45, 2.75) is 13.8 Å². The van der Waals surface area contributed by atoms with Crippen LogP contribution < -0.4 is 4.90 Å². The van der Waals surface area contributed by atoms with Gasteiger partial charge in [-0.2, -0.15) is 0 Å². The lowest BCUT2D eigenvalue weighted by Crippen LogP contribution is -2.49. The smallest absolute Gasteiger partial charge is 0.254 e. The van der Waals surface area contributed by atoms with Crippen LogP contribution in [0.5, 0.6) is 0 Å². The Kier molecular flexibility index (Phi) is 5.85. The Morgan fingerprint density at radius 3 is 2.10 bits per heavy atom. The fourth-order valence-corrected chi connectivity index (χ4v) is 3.93. The molecule has 1 fully saturated rings. The fraction of sp³-hybridized carbons (Fsp3) is 0.231. The second kappa shape index (κ2) is 8.72. The van der Waals surface area contributed by atoms with E-state index in [9.17, 15) is 14.0 Å². The molecule has 5 heteroatoms. The molecule has 0 radical (unpaired) electrons. The Balaban J connectivity index is 1.53. The predicted octanol–water partition coefficient (Wildman–Crippen LogP) is 4.64. The number of carbonyl (C=O) groups is 2. The van der Waals surface area contributed by atoms with Gasteiger partial charge in [-0.05, 0) is 49.2 Å². The van der Waals surface area contributed by atoms with Gasteiger partial charge in [0.1, 0.15) is 5.82 Å². The summed E-state index contributed by atoms with van der Waals surface area (Å²) in [5, 5.41) is 0. The number of anilines is 1. The number of benzene rings is 3. The summed E-state index contributed by atoms with van der Waals surface area (Å²) >= 11 is 0. The van der Waals surface area contributed by atoms with Gasteiger partial charge in [0.25, 0.3) is 5.91 Å². The van der Waals surface area contributed by atoms with Crippen LogP contribution >= 0.6 is 0 Å². The van der Waals surface area contributed by atoms with Crippen LogP contribution in [0.15, 0.2) is 66.7 Å². The Bertz CT molecular complexity index is 1130. The summed E-state index contributed by atoms with van der Waals surface area (Å²) in [5.74, 6) is -0.579. The average molecular weight is 416 g/mol. The highest BCUT2D eigenvalue weighted by atomic mass is 19.1. The Morgan fingerprint density at radius 1 is 0.774 bits per heavy atom. The van der Waals surface area contributed by atoms with Crippen molar-refractivity contribution in [1.82, 2.24) is 4.90 Å². The van der Waals surface area contributed by atoms with Crippen molar-refractivity contribution in [3.05, 3.63) is 100 Å². The van der Waals surface area contributed by atoms with Gasteiger partial charge in [0.05, 0.1) is 11.3 Å². The third-order valence-corrected chi connectivity index (χ3v) is 5.93. The number of hydrogen-bond acceptors (Lipinski definition) is 3. The summed E-state index contributed by atoms with van der Waals surface area (Å²) in [4.78, 5) is 30.1. The van der Waals surface area contributed by atoms with Gasteiger partial charge in [0.15, 0.2) is 5.78 Å². The van der Waals surface area contributed by atoms with Crippen molar-refractivity contribution >= 4 is 17.4 Å². The van der Waals surface area contributed by atoms with E-state index in [0.29, 0.717) is 48.6 Å². The molecular weight excluding hydrogens is 391 g/mol. The minimum absolute atomic E-state index is 0.156. The molecule has 4 rings (SSSR count). The first-order valence-corrected chi connectivity index (χ1v) is 10.5. The normalized spacial score (nSPS) is 13.9. The maximum absolute atomic E-state index is 14.1. The standard InChI is InChI=1S/C26H25FN2O2/c1-18-11-12-20(17-19(18)2)25(30)21-7-3-4-8-22(21)26(31)29-15-13-28(14-16-29)24-10-6-5-9-23(24)27/h3-12,17H,13-16H2,1-2H3. The minimum Gasteiger partial charge on any atom is -0.366 e. The molecule has 158 valence electrons. The number of aryl methyl sites for hydroxylation is 2. The zero-order valence-corrected chi connectivity index (χ0v) is 17.8. The van der Waals surface area contributed by atoms with Crippen molar-refractivity contribution in [3.63, 3.8) is 0 Å². The lowest BCUT2D eigenvalue weighted by Gasteiger charge is -2.36. The molecule has 3 aromatic carbocycles. The van der Waals surface area contributed by atoms with E-state index in [1.807, 2.05) is 36.9 Å². The molecule has 0 bridgehead atoms. The Morgan fingerprint density at radius 2 is 1.42 bits per heavy atom. The maximum atomic E-state index is 14.1. The zero-order chi connectivity index (χ0) is 22.0. The summed E-state index contributed by atoms with van der Waals surface area (Å²) in [6, 6.07) is 19.3. The molecule has 4 nitrogen and oxygen atoms in total. The van der Waals surface area contributed by atoms with Crippen LogP contribution in [-0.4, -0.2) is 42.8 Å². The van der Waals surface area contributed by atoms with Gasteiger partial charge in [-0.15, -0.1) is 0 Å². The van der Waals surface area contributed by atoms with E-state index in [1.54, 1.807) is 47.4 Å². The Labute approximate surface area is 181 Å². The van der Waals surface area contributed by atoms with Crippen LogP contribution in [0.4, 0.5) is 10.1 Å². The second-order valence-corrected chi connectivity index (χ2v) is 7.90. The lowest BCUT2D eigenvalue weighted by molar-refractivity contribution is 0.0742. The third kappa shape index (κ3) is 4.22. The van der Waals surface area contributed by atoms with E-state index in [2.05, 4.69) is 0 Å². The van der Waals surface area contributed by atoms with Gasteiger partial charge in [-0.3, -0.25) is 9.59 Å². The molecule has 1 saturated heterocycles. The Hall–Kier alpha value is -3.47. The molecule has 1 amide bonds. The SMILES string of the molecule is Cc1ccc(C(=O)c2ccccc2C(=O)N2CCN(c3ccccc3F)CC2)cc1C. The number of hydrogen-bond donors (Lipinski definition) is 0. The molecule has 0 unspecified atom stereocenters. The van der Waals surface area contributed by atoms with E-state index in [0.717, 1.165) is 11.1 Å². The molecule has 0 atom stereocenters. The van der Waals surface area contributed by atoms with Crippen LogP contribution in [0.25, 0.3) is 0 Å². The van der Waals surface area contributed by atoms with Crippen molar-refractivity contribution in [2.75, 3.05) is 31.1 Å². The molecular formula is C26H25FN2O2. The maximum Gasteiger partial charge on any atom is 0.254 e. The van der Waals surface area contributed by atoms with Gasteiger partial charge < -0.3 is 9.80 Å². The minimum atomic E-state index is -0.258. The predicted molar refractivity (Wildman–Crippen MR) is 120 cm³/mol. The molecule has 31 heavy (non-hydrogen) atoms. The van der Waals surface area contributed by atoms with Crippen LogP contribution in [0.2, 0.25) is 0 Å². The number of piperazine rings is 1. The van der Waals surface area contributed by atoms with Gasteiger partial charge in [0.2, 0.25) is 0 Å². The highest BCUT2D eigenvalue weighted by molar-refractivity contribution is 6.15. The van der Waals surface area contributed by atoms with Crippen molar-refractivity contribution in [2.24, 2.45) is 0 Å². The van der Waals surface area contributed by atoms with Crippen molar-refractivity contribution < 1.29 is 14.0 Å². The third-order valence-electron chi connectivity index (χ3n) is 5.93. The molecule has 0 spiro atoms. The first-order valence-electron chi connectivity index (χ1n) is 10.5. The summed E-state index contributed by atoms with van der Waals surface area (Å²) in [7, 11) is 0. The number of halogens is 1. The van der Waals surface area contributed by atoms with E-state index in [-0.39, 0.29) is 17.5 Å². The van der Waals surface area contributed by atoms with Crippen LogP contribution in [0, 0.1) is 19.7 Å². The number of amides is 1. The first-order chi connectivity index (χ1) is 15.0. The second-order valence-electron chi connectivity index (χ2n) is 7.90. The summed E-state index contributed by atoms with van der Waals surface area (Å²) in [6.07, 6.45) is 0. The number of rotatable bonds is 4. The first kappa shape index (κ1) is 20.8. The monoisotopic (exact) mass is 416 g/mol. The summed E-state index contributed by atoms with van der Waals surface area (Å²) in [6.45, 7) is 6.00. The lowest BCUT2D eigenvalue weighted by atomic mass is 9.95. The van der Waals surface area contributed by atoms with Gasteiger partial charge in [-0.25, -0.2) is 4.39 Å². The van der Waals surface area contributed by atoms with Gasteiger partial charge in [0, 0.05) is 37.3 Å². The van der Waals surface area contributed by atoms with Crippen LogP contribution in [0.3, 0.4) is 0 Å². The largest absolute Gasteiger partial charge is 0.366 e. The van der Waals surface area contributed by atoms with E-state index < -0.39 is 0 Å². The fourth-order valence-electron chi connectivity index (χ4n) is 3.93. The average Bonchev–Trinajstić information content (AvgIpc) is 2.80. The van der Waals surface area contributed by atoms with E-state index in [1.165, 1.54) is 6.07 Å². The highest BCUT2D eigenvalue weighted by Gasteiger charge is 2.26. The molecule has 3 aromatic rings. The zero-order valence-electron chi connectivity index (χ0n) is 17.8. The molecule has 0 saturated carbocycles. The summed E-state index contributed by atoms with van der Waals surface area (Å²) < 4.78 is 14.1. The summed E-state index contributed by atoms with van der Waals surface area (Å²) in [5.41, 5.74) is 4.11. The highest BCUT2D eigenvalue weighted by Crippen LogP contribution is 2.22. The topological polar surface area (TPSA) is 40.6 Å².